The predicted molar refractivity (Wildman–Crippen MR) is 107 cm³/mol. The molecule has 1 saturated carbocycles. The summed E-state index contributed by atoms with van der Waals surface area (Å²) >= 11 is 0. The van der Waals surface area contributed by atoms with E-state index in [1.165, 1.54) is 0 Å². The van der Waals surface area contributed by atoms with Gasteiger partial charge in [-0.05, 0) is 25.8 Å². The standard InChI is InChI=1S/C24H20N2O3/c1-3-29-23(28)24(13-20(24)22(27)18-11-9-16(2)10-12-18)21(19(14-25)15-26)17-7-5-4-6-8-17/h4-12,20H,3,13H2,1-2H3/t20-,24+/m0/s1. The largest absolute Gasteiger partial charge is 0.465 e. The number of allylic oxidation sites excluding steroid dienone is 1. The van der Waals surface area contributed by atoms with Crippen LogP contribution in [-0.4, -0.2) is 18.4 Å². The minimum atomic E-state index is -1.33. The van der Waals surface area contributed by atoms with Gasteiger partial charge in [0, 0.05) is 17.1 Å². The van der Waals surface area contributed by atoms with Gasteiger partial charge in [0.1, 0.15) is 23.1 Å². The molecule has 0 aromatic heterocycles. The van der Waals surface area contributed by atoms with Gasteiger partial charge in [-0.15, -0.1) is 0 Å². The van der Waals surface area contributed by atoms with Crippen molar-refractivity contribution in [1.29, 1.82) is 10.5 Å². The zero-order valence-corrected chi connectivity index (χ0v) is 16.3. The van der Waals surface area contributed by atoms with E-state index in [9.17, 15) is 20.1 Å². The molecule has 5 heteroatoms. The number of ketones is 1. The molecular weight excluding hydrogens is 364 g/mol. The minimum absolute atomic E-state index is 0.141. The van der Waals surface area contributed by atoms with Crippen LogP contribution in [0.1, 0.15) is 34.8 Å². The molecule has 3 rings (SSSR count). The Balaban J connectivity index is 2.15. The molecular formula is C24H20N2O3. The molecule has 0 bridgehead atoms. The lowest BCUT2D eigenvalue weighted by atomic mass is 9.82. The van der Waals surface area contributed by atoms with Gasteiger partial charge in [-0.25, -0.2) is 0 Å². The summed E-state index contributed by atoms with van der Waals surface area (Å²) in [5.41, 5.74) is 0.846. The van der Waals surface area contributed by atoms with Gasteiger partial charge in [0.25, 0.3) is 0 Å². The molecule has 1 aliphatic rings. The molecule has 2 aromatic carbocycles. The summed E-state index contributed by atoms with van der Waals surface area (Å²) in [7, 11) is 0. The van der Waals surface area contributed by atoms with Crippen LogP contribution in [0.3, 0.4) is 0 Å². The molecule has 0 unspecified atom stereocenters. The number of benzene rings is 2. The predicted octanol–water partition coefficient (Wildman–Crippen LogP) is 4.25. The van der Waals surface area contributed by atoms with E-state index in [0.717, 1.165) is 5.56 Å². The molecule has 0 N–H and O–H groups in total. The molecule has 2 atom stereocenters. The van der Waals surface area contributed by atoms with Crippen molar-refractivity contribution in [2.45, 2.75) is 20.3 Å². The van der Waals surface area contributed by atoms with Crippen molar-refractivity contribution in [2.24, 2.45) is 11.3 Å². The summed E-state index contributed by atoms with van der Waals surface area (Å²) in [5.74, 6) is -1.45. The van der Waals surface area contributed by atoms with Crippen molar-refractivity contribution in [2.75, 3.05) is 6.61 Å². The minimum Gasteiger partial charge on any atom is -0.465 e. The van der Waals surface area contributed by atoms with Crippen molar-refractivity contribution in [3.05, 3.63) is 76.9 Å². The molecule has 0 radical (unpaired) electrons. The molecule has 0 aliphatic heterocycles. The molecule has 0 spiro atoms. The second-order valence-corrected chi connectivity index (χ2v) is 7.02. The summed E-state index contributed by atoms with van der Waals surface area (Å²) in [4.78, 5) is 26.2. The Kier molecular flexibility index (Phi) is 5.61. The second kappa shape index (κ2) is 8.12. The van der Waals surface area contributed by atoms with Gasteiger partial charge in [-0.3, -0.25) is 9.59 Å². The van der Waals surface area contributed by atoms with Gasteiger partial charge < -0.3 is 4.74 Å². The van der Waals surface area contributed by atoms with Gasteiger partial charge in [0.2, 0.25) is 0 Å². The Bertz CT molecular complexity index is 1040. The summed E-state index contributed by atoms with van der Waals surface area (Å²) < 4.78 is 5.30. The molecule has 5 nitrogen and oxygen atoms in total. The summed E-state index contributed by atoms with van der Waals surface area (Å²) in [6, 6.07) is 19.7. The topological polar surface area (TPSA) is 90.9 Å². The molecule has 1 fully saturated rings. The summed E-state index contributed by atoms with van der Waals surface area (Å²) in [5, 5.41) is 19.1. The highest BCUT2D eigenvalue weighted by molar-refractivity contribution is 6.11. The van der Waals surface area contributed by atoms with Gasteiger partial charge in [-0.2, -0.15) is 10.5 Å². The van der Waals surface area contributed by atoms with Crippen molar-refractivity contribution in [3.8, 4) is 12.1 Å². The van der Waals surface area contributed by atoms with Crippen molar-refractivity contribution in [3.63, 3.8) is 0 Å². The molecule has 0 heterocycles. The monoisotopic (exact) mass is 384 g/mol. The number of rotatable bonds is 6. The van der Waals surface area contributed by atoms with Crippen LogP contribution in [0.2, 0.25) is 0 Å². The first-order valence-corrected chi connectivity index (χ1v) is 9.38. The van der Waals surface area contributed by atoms with Crippen molar-refractivity contribution < 1.29 is 14.3 Å². The van der Waals surface area contributed by atoms with Crippen LogP contribution >= 0.6 is 0 Å². The Labute approximate surface area is 169 Å². The first-order valence-electron chi connectivity index (χ1n) is 9.38. The zero-order valence-electron chi connectivity index (χ0n) is 16.3. The van der Waals surface area contributed by atoms with Crippen LogP contribution in [0.15, 0.2) is 60.2 Å². The fourth-order valence-corrected chi connectivity index (χ4v) is 3.73. The molecule has 0 saturated heterocycles. The normalized spacial score (nSPS) is 19.4. The fraction of sp³-hybridized carbons (Fsp3) is 0.250. The SMILES string of the molecule is CCOC(=O)[C@]1(C(=C(C#N)C#N)c2ccccc2)C[C@H]1C(=O)c1ccc(C)cc1. The van der Waals surface area contributed by atoms with E-state index < -0.39 is 17.3 Å². The fourth-order valence-electron chi connectivity index (χ4n) is 3.73. The highest BCUT2D eigenvalue weighted by atomic mass is 16.5. The summed E-state index contributed by atoms with van der Waals surface area (Å²) in [6.45, 7) is 3.76. The maximum atomic E-state index is 13.2. The number of hydrogen-bond acceptors (Lipinski definition) is 5. The Morgan fingerprint density at radius 3 is 2.21 bits per heavy atom. The van der Waals surface area contributed by atoms with Crippen LogP contribution in [0.25, 0.3) is 5.57 Å². The number of aryl methyl sites for hydroxylation is 1. The van der Waals surface area contributed by atoms with Crippen LogP contribution in [0, 0.1) is 40.9 Å². The second-order valence-electron chi connectivity index (χ2n) is 7.02. The first-order chi connectivity index (χ1) is 14.0. The smallest absolute Gasteiger partial charge is 0.317 e. The molecule has 29 heavy (non-hydrogen) atoms. The quantitative estimate of drug-likeness (QED) is 0.422. The van der Waals surface area contributed by atoms with E-state index in [2.05, 4.69) is 0 Å². The van der Waals surface area contributed by atoms with Gasteiger partial charge in [0.05, 0.1) is 6.61 Å². The molecule has 2 aromatic rings. The number of Topliss-reactive ketones (excluding diaryl/α,β-unsaturated/α-hetero) is 1. The number of carbonyl (C=O) groups excluding carboxylic acids is 2. The van der Waals surface area contributed by atoms with E-state index in [1.54, 1.807) is 49.4 Å². The van der Waals surface area contributed by atoms with E-state index in [1.807, 2.05) is 31.2 Å². The zero-order chi connectivity index (χ0) is 21.0. The van der Waals surface area contributed by atoms with Crippen LogP contribution in [0.5, 0.6) is 0 Å². The van der Waals surface area contributed by atoms with Crippen molar-refractivity contribution >= 4 is 17.3 Å². The maximum Gasteiger partial charge on any atom is 0.317 e. The molecule has 1 aliphatic carbocycles. The van der Waals surface area contributed by atoms with E-state index >= 15 is 0 Å². The first kappa shape index (κ1) is 20.0. The van der Waals surface area contributed by atoms with E-state index in [4.69, 9.17) is 4.74 Å². The summed E-state index contributed by atoms with van der Waals surface area (Å²) in [6.07, 6.45) is 0.204. The van der Waals surface area contributed by atoms with Crippen LogP contribution in [-0.2, 0) is 9.53 Å². The highest BCUT2D eigenvalue weighted by Gasteiger charge is 2.67. The number of esters is 1. The Morgan fingerprint density at radius 1 is 1.03 bits per heavy atom. The lowest BCUT2D eigenvalue weighted by Gasteiger charge is -2.20. The Morgan fingerprint density at radius 2 is 1.66 bits per heavy atom. The third-order valence-corrected chi connectivity index (χ3v) is 5.24. The lowest BCUT2D eigenvalue weighted by Crippen LogP contribution is -2.26. The Hall–Kier alpha value is -3.70. The van der Waals surface area contributed by atoms with Gasteiger partial charge in [0.15, 0.2) is 5.78 Å². The van der Waals surface area contributed by atoms with Crippen LogP contribution < -0.4 is 0 Å². The van der Waals surface area contributed by atoms with E-state index in [-0.39, 0.29) is 30.0 Å². The third kappa shape index (κ3) is 3.56. The van der Waals surface area contributed by atoms with E-state index in [0.29, 0.717) is 11.1 Å². The third-order valence-electron chi connectivity index (χ3n) is 5.24. The van der Waals surface area contributed by atoms with Gasteiger partial charge in [-0.1, -0.05) is 60.2 Å². The number of carbonyl (C=O) groups is 2. The molecule has 144 valence electrons. The highest BCUT2D eigenvalue weighted by Crippen LogP contribution is 2.63. The molecule has 0 amide bonds. The van der Waals surface area contributed by atoms with Crippen LogP contribution in [0.4, 0.5) is 0 Å². The van der Waals surface area contributed by atoms with Crippen molar-refractivity contribution in [1.82, 2.24) is 0 Å². The lowest BCUT2D eigenvalue weighted by molar-refractivity contribution is -0.147. The van der Waals surface area contributed by atoms with Gasteiger partial charge >= 0.3 is 5.97 Å². The number of ether oxygens (including phenoxy) is 1. The number of hydrogen-bond donors (Lipinski definition) is 0. The number of nitrogens with zero attached hydrogens (tertiary/aromatic N) is 2. The number of nitriles is 2. The average molecular weight is 384 g/mol. The maximum absolute atomic E-state index is 13.2. The average Bonchev–Trinajstić information content (AvgIpc) is 3.49.